The van der Waals surface area contributed by atoms with Crippen molar-refractivity contribution in [2.45, 2.75) is 44.9 Å². The molecule has 6 heteroatoms. The molecule has 1 heterocycles. The van der Waals surface area contributed by atoms with Crippen molar-refractivity contribution < 1.29 is 23.9 Å². The van der Waals surface area contributed by atoms with E-state index in [0.717, 1.165) is 25.7 Å². The van der Waals surface area contributed by atoms with Gasteiger partial charge in [-0.2, -0.15) is 0 Å². The van der Waals surface area contributed by atoms with Crippen molar-refractivity contribution in [2.75, 3.05) is 18.1 Å². The third-order valence-electron chi connectivity index (χ3n) is 6.28. The first-order valence-electron chi connectivity index (χ1n) is 10.2. The zero-order valence-electron chi connectivity index (χ0n) is 15.9. The molecule has 2 bridgehead atoms. The highest BCUT2D eigenvalue weighted by Crippen LogP contribution is 2.40. The molecule has 0 radical (unpaired) electrons. The van der Waals surface area contributed by atoms with Gasteiger partial charge in [0, 0.05) is 36.1 Å². The molecule has 1 unspecified atom stereocenters. The summed E-state index contributed by atoms with van der Waals surface area (Å²) >= 11 is 0. The lowest BCUT2D eigenvalue weighted by molar-refractivity contribution is -0.152. The monoisotopic (exact) mass is 383 g/mol. The molecule has 3 atom stereocenters. The minimum atomic E-state index is -0.372. The third kappa shape index (κ3) is 3.73. The Labute approximate surface area is 164 Å². The molecule has 148 valence electrons. The summed E-state index contributed by atoms with van der Waals surface area (Å²) in [4.78, 5) is 50.7. The van der Waals surface area contributed by atoms with Crippen LogP contribution in [0.1, 0.15) is 55.3 Å². The van der Waals surface area contributed by atoms with Gasteiger partial charge in [0.2, 0.25) is 5.91 Å². The van der Waals surface area contributed by atoms with Crippen LogP contribution in [0.25, 0.3) is 0 Å². The molecule has 4 rings (SSSR count). The van der Waals surface area contributed by atoms with E-state index < -0.39 is 0 Å². The number of hydrogen-bond donors (Lipinski definition) is 0. The lowest BCUT2D eigenvalue weighted by Gasteiger charge is -2.36. The number of carbonyl (C=O) groups excluding carboxylic acids is 4. The lowest BCUT2D eigenvalue weighted by Crippen LogP contribution is -2.39. The minimum Gasteiger partial charge on any atom is -0.457 e. The number of fused-ring (bicyclic) bond motifs is 2. The van der Waals surface area contributed by atoms with Crippen molar-refractivity contribution in [2.24, 2.45) is 17.8 Å². The van der Waals surface area contributed by atoms with Crippen molar-refractivity contribution in [3.63, 3.8) is 0 Å². The third-order valence-corrected chi connectivity index (χ3v) is 6.28. The van der Waals surface area contributed by atoms with Crippen molar-refractivity contribution in [3.8, 4) is 0 Å². The van der Waals surface area contributed by atoms with Crippen molar-refractivity contribution in [3.05, 3.63) is 29.8 Å². The lowest BCUT2D eigenvalue weighted by atomic mass is 9.67. The fourth-order valence-corrected chi connectivity index (χ4v) is 4.78. The van der Waals surface area contributed by atoms with E-state index in [4.69, 9.17) is 4.74 Å². The quantitative estimate of drug-likeness (QED) is 0.577. The average Bonchev–Trinajstić information content (AvgIpc) is 3.11. The van der Waals surface area contributed by atoms with Gasteiger partial charge in [-0.15, -0.1) is 0 Å². The van der Waals surface area contributed by atoms with Gasteiger partial charge in [0.1, 0.15) is 5.78 Å². The van der Waals surface area contributed by atoms with E-state index in [-0.39, 0.29) is 42.0 Å². The van der Waals surface area contributed by atoms with Crippen LogP contribution in [-0.4, -0.2) is 36.6 Å². The van der Waals surface area contributed by atoms with Gasteiger partial charge in [0.15, 0.2) is 12.4 Å². The van der Waals surface area contributed by atoms with Gasteiger partial charge in [-0.3, -0.25) is 19.2 Å². The summed E-state index contributed by atoms with van der Waals surface area (Å²) in [5, 5.41) is 0. The van der Waals surface area contributed by atoms with Gasteiger partial charge in [0.25, 0.3) is 0 Å². The standard InChI is InChI=1S/C22H25NO5/c24-19(14-4-2-7-18(12-14)23-9-3-8-20(23)25)13-28-22(27)17-10-15-5-1-6-16(11-17)21(15)26/h2,4,7,12,15-17H,1,3,5-6,8-11,13H2/t15-,16+,17?. The molecular weight excluding hydrogens is 358 g/mol. The maximum Gasteiger partial charge on any atom is 0.309 e. The molecule has 3 aliphatic rings. The predicted molar refractivity (Wildman–Crippen MR) is 102 cm³/mol. The molecule has 28 heavy (non-hydrogen) atoms. The maximum atomic E-state index is 12.5. The summed E-state index contributed by atoms with van der Waals surface area (Å²) in [7, 11) is 0. The minimum absolute atomic E-state index is 0.0181. The van der Waals surface area contributed by atoms with E-state index in [0.29, 0.717) is 42.8 Å². The first-order chi connectivity index (χ1) is 13.5. The zero-order valence-corrected chi connectivity index (χ0v) is 15.9. The Hall–Kier alpha value is -2.50. The highest BCUT2D eigenvalue weighted by molar-refractivity contribution is 6.01. The highest BCUT2D eigenvalue weighted by atomic mass is 16.5. The van der Waals surface area contributed by atoms with Crippen LogP contribution in [0.4, 0.5) is 5.69 Å². The second-order valence-corrected chi connectivity index (χ2v) is 8.13. The molecule has 1 aromatic carbocycles. The molecule has 1 aliphatic heterocycles. The van der Waals surface area contributed by atoms with Crippen LogP contribution in [0, 0.1) is 17.8 Å². The molecule has 2 aliphatic carbocycles. The van der Waals surface area contributed by atoms with Gasteiger partial charge >= 0.3 is 5.97 Å². The smallest absolute Gasteiger partial charge is 0.309 e. The van der Waals surface area contributed by atoms with Crippen LogP contribution in [0.15, 0.2) is 24.3 Å². The summed E-state index contributed by atoms with van der Waals surface area (Å²) < 4.78 is 5.30. The van der Waals surface area contributed by atoms with E-state index in [1.54, 1.807) is 23.1 Å². The van der Waals surface area contributed by atoms with Crippen LogP contribution in [-0.2, 0) is 19.1 Å². The second-order valence-electron chi connectivity index (χ2n) is 8.13. The number of rotatable bonds is 5. The summed E-state index contributed by atoms with van der Waals surface area (Å²) in [5.74, 6) is -0.606. The Morgan fingerprint density at radius 2 is 1.82 bits per heavy atom. The number of nitrogens with zero attached hydrogens (tertiary/aromatic N) is 1. The molecule has 0 N–H and O–H groups in total. The van der Waals surface area contributed by atoms with Gasteiger partial charge in [-0.05, 0) is 44.2 Å². The Morgan fingerprint density at radius 3 is 2.50 bits per heavy atom. The van der Waals surface area contributed by atoms with Crippen LogP contribution in [0.5, 0.6) is 0 Å². The number of Topliss-reactive ketones (excluding diaryl/α,β-unsaturated/α-hetero) is 2. The normalized spacial score (nSPS) is 27.0. The first-order valence-corrected chi connectivity index (χ1v) is 10.2. The van der Waals surface area contributed by atoms with Crippen LogP contribution >= 0.6 is 0 Å². The largest absolute Gasteiger partial charge is 0.457 e. The molecule has 3 fully saturated rings. The molecule has 6 nitrogen and oxygen atoms in total. The summed E-state index contributed by atoms with van der Waals surface area (Å²) in [6.07, 6.45) is 5.23. The van der Waals surface area contributed by atoms with E-state index in [9.17, 15) is 19.2 Å². The van der Waals surface area contributed by atoms with Crippen molar-refractivity contribution in [1.82, 2.24) is 0 Å². The number of esters is 1. The first kappa shape index (κ1) is 18.8. The fourth-order valence-electron chi connectivity index (χ4n) is 4.78. The fraction of sp³-hybridized carbons (Fsp3) is 0.545. The Bertz CT molecular complexity index is 801. The van der Waals surface area contributed by atoms with Crippen LogP contribution in [0.2, 0.25) is 0 Å². The van der Waals surface area contributed by atoms with Crippen molar-refractivity contribution >= 4 is 29.1 Å². The molecule has 0 aromatic heterocycles. The van der Waals surface area contributed by atoms with Crippen LogP contribution in [0.3, 0.4) is 0 Å². The number of benzene rings is 1. The molecule has 2 saturated carbocycles. The molecule has 1 amide bonds. The Morgan fingerprint density at radius 1 is 1.07 bits per heavy atom. The van der Waals surface area contributed by atoms with Crippen LogP contribution < -0.4 is 4.90 Å². The number of ether oxygens (including phenoxy) is 1. The number of anilines is 1. The van der Waals surface area contributed by atoms with E-state index >= 15 is 0 Å². The summed E-state index contributed by atoms with van der Waals surface area (Å²) in [6.45, 7) is 0.351. The summed E-state index contributed by atoms with van der Waals surface area (Å²) in [6, 6.07) is 6.90. The Kier molecular flexibility index (Phi) is 5.29. The highest BCUT2D eigenvalue weighted by Gasteiger charge is 2.41. The van der Waals surface area contributed by atoms with Gasteiger partial charge in [-0.1, -0.05) is 18.6 Å². The number of ketones is 2. The number of amides is 1. The van der Waals surface area contributed by atoms with E-state index in [1.165, 1.54) is 0 Å². The molecular formula is C22H25NO5. The topological polar surface area (TPSA) is 80.8 Å². The summed E-state index contributed by atoms with van der Waals surface area (Å²) in [5.41, 5.74) is 1.14. The number of carbonyl (C=O) groups is 4. The molecule has 0 spiro atoms. The second kappa shape index (κ2) is 7.86. The maximum absolute atomic E-state index is 12.5. The predicted octanol–water partition coefficient (Wildman–Crippen LogP) is 2.93. The van der Waals surface area contributed by atoms with Gasteiger partial charge < -0.3 is 9.64 Å². The Balaban J connectivity index is 1.35. The molecule has 1 saturated heterocycles. The SMILES string of the molecule is O=C(COC(=O)C1C[C@H]2CCC[C@@H](C1)C2=O)c1cccc(N2CCCC2=O)c1. The number of hydrogen-bond acceptors (Lipinski definition) is 5. The van der Waals surface area contributed by atoms with Crippen molar-refractivity contribution in [1.29, 1.82) is 0 Å². The van der Waals surface area contributed by atoms with Gasteiger partial charge in [-0.25, -0.2) is 0 Å². The average molecular weight is 383 g/mol. The van der Waals surface area contributed by atoms with E-state index in [1.807, 2.05) is 6.07 Å². The molecule has 1 aromatic rings. The zero-order chi connectivity index (χ0) is 19.7. The van der Waals surface area contributed by atoms with Gasteiger partial charge in [0.05, 0.1) is 5.92 Å². The van der Waals surface area contributed by atoms with E-state index in [2.05, 4.69) is 0 Å².